The summed E-state index contributed by atoms with van der Waals surface area (Å²) < 4.78 is 0. The zero-order valence-corrected chi connectivity index (χ0v) is 10.7. The Hall–Kier alpha value is -2.05. The quantitative estimate of drug-likeness (QED) is 0.546. The molecule has 1 heterocycles. The Labute approximate surface area is 114 Å². The monoisotopic (exact) mass is 282 g/mol. The van der Waals surface area contributed by atoms with E-state index in [1.54, 1.807) is 0 Å². The second-order valence-electron chi connectivity index (χ2n) is 5.41. The van der Waals surface area contributed by atoms with Gasteiger partial charge in [0.15, 0.2) is 0 Å². The maximum atomic E-state index is 11.4. The van der Waals surface area contributed by atoms with E-state index in [2.05, 4.69) is 0 Å². The number of hydrogen-bond donors (Lipinski definition) is 1. The van der Waals surface area contributed by atoms with Crippen molar-refractivity contribution in [2.24, 2.45) is 0 Å². The van der Waals surface area contributed by atoms with Crippen LogP contribution in [0.1, 0.15) is 12.8 Å². The van der Waals surface area contributed by atoms with Crippen LogP contribution in [0.15, 0.2) is 11.6 Å². The molecule has 2 aliphatic rings. The topological polar surface area (TPSA) is 134 Å². The smallest absolute Gasteiger partial charge is 0.260 e. The van der Waals surface area contributed by atoms with Crippen molar-refractivity contribution >= 4 is 0 Å². The molecule has 1 aliphatic carbocycles. The molecule has 9 nitrogen and oxygen atoms in total. The molecule has 0 aromatic heterocycles. The van der Waals surface area contributed by atoms with Crippen LogP contribution in [0.3, 0.4) is 0 Å². The normalized spacial score (nSPS) is 33.1. The van der Waals surface area contributed by atoms with Crippen molar-refractivity contribution in [2.45, 2.75) is 23.9 Å². The fraction of sp³-hybridized carbons (Fsp3) is 0.727. The third-order valence-electron chi connectivity index (χ3n) is 3.92. The van der Waals surface area contributed by atoms with Crippen LogP contribution in [0.2, 0.25) is 0 Å². The van der Waals surface area contributed by atoms with E-state index in [9.17, 15) is 20.2 Å². The van der Waals surface area contributed by atoms with Crippen LogP contribution < -0.4 is 0 Å². The number of hydrogen-bond acceptors (Lipinski definition) is 7. The highest BCUT2D eigenvalue weighted by molar-refractivity contribution is 5.33. The molecule has 1 saturated heterocycles. The Morgan fingerprint density at radius 3 is 2.60 bits per heavy atom. The number of nitriles is 1. The van der Waals surface area contributed by atoms with Crippen LogP contribution in [0.5, 0.6) is 0 Å². The van der Waals surface area contributed by atoms with E-state index in [0.717, 1.165) is 0 Å². The molecule has 2 atom stereocenters. The summed E-state index contributed by atoms with van der Waals surface area (Å²) in [5.74, 6) is 0. The fourth-order valence-corrected chi connectivity index (χ4v) is 3.22. The summed E-state index contributed by atoms with van der Waals surface area (Å²) in [5, 5.41) is 40.8. The number of piperidine rings is 1. The first-order valence-corrected chi connectivity index (χ1v) is 6.11. The van der Waals surface area contributed by atoms with Gasteiger partial charge in [-0.1, -0.05) is 0 Å². The molecule has 0 unspecified atom stereocenters. The lowest BCUT2D eigenvalue weighted by Crippen LogP contribution is -2.66. The van der Waals surface area contributed by atoms with Gasteiger partial charge >= 0.3 is 0 Å². The summed E-state index contributed by atoms with van der Waals surface area (Å²) in [6.45, 7) is -0.103. The standard InChI is InChI=1S/C11H14N4O5/c12-5-9-3-10(14(17)18)6-11(4-9,15(19)20)8-13(7-10)1-2-16/h3,16H,1-2,4,6-8H2/t10-,11+/m1/s1. The zero-order valence-electron chi connectivity index (χ0n) is 10.7. The van der Waals surface area contributed by atoms with E-state index in [4.69, 9.17) is 10.4 Å². The maximum Gasteiger partial charge on any atom is 0.260 e. The van der Waals surface area contributed by atoms with E-state index in [-0.39, 0.29) is 44.7 Å². The van der Waals surface area contributed by atoms with E-state index in [1.807, 2.05) is 6.07 Å². The highest BCUT2D eigenvalue weighted by Crippen LogP contribution is 2.42. The minimum atomic E-state index is -1.62. The number of β-amino-alcohol motifs (C(OH)–C–C–N with tert-alkyl or cyclic N) is 1. The number of fused-ring (bicyclic) bond motifs is 2. The minimum absolute atomic E-state index is 0.00910. The van der Waals surface area contributed by atoms with Gasteiger partial charge in [0.25, 0.3) is 5.54 Å². The van der Waals surface area contributed by atoms with Gasteiger partial charge in [0.2, 0.25) is 5.54 Å². The molecule has 2 rings (SSSR count). The lowest BCUT2D eigenvalue weighted by molar-refractivity contribution is -0.619. The number of aliphatic hydroxyl groups excluding tert-OH is 1. The Balaban J connectivity index is 2.51. The van der Waals surface area contributed by atoms with Crippen molar-refractivity contribution in [3.63, 3.8) is 0 Å². The number of rotatable bonds is 4. The second-order valence-corrected chi connectivity index (χ2v) is 5.41. The van der Waals surface area contributed by atoms with Gasteiger partial charge < -0.3 is 5.11 Å². The van der Waals surface area contributed by atoms with E-state index in [0.29, 0.717) is 0 Å². The Bertz CT molecular complexity index is 527. The van der Waals surface area contributed by atoms with Crippen LogP contribution in [-0.4, -0.2) is 57.2 Å². The zero-order chi connectivity index (χ0) is 15.0. The molecule has 0 aromatic carbocycles. The van der Waals surface area contributed by atoms with Crippen LogP contribution >= 0.6 is 0 Å². The van der Waals surface area contributed by atoms with Gasteiger partial charge in [0.05, 0.1) is 38.6 Å². The Morgan fingerprint density at radius 1 is 1.40 bits per heavy atom. The summed E-state index contributed by atoms with van der Waals surface area (Å²) in [5.41, 5.74) is -3.06. The number of nitrogens with zero attached hydrogens (tertiary/aromatic N) is 4. The lowest BCUT2D eigenvalue weighted by atomic mass is 9.69. The average Bonchev–Trinajstić information content (AvgIpc) is 2.37. The number of nitro groups is 2. The molecule has 1 N–H and O–H groups in total. The van der Waals surface area contributed by atoms with Gasteiger partial charge in [-0.15, -0.1) is 0 Å². The molecule has 0 amide bonds. The second kappa shape index (κ2) is 4.81. The van der Waals surface area contributed by atoms with Gasteiger partial charge in [-0.25, -0.2) is 0 Å². The third-order valence-corrected chi connectivity index (χ3v) is 3.92. The number of likely N-dealkylation sites (tertiary alicyclic amines) is 1. The third kappa shape index (κ3) is 2.13. The van der Waals surface area contributed by atoms with Crippen molar-refractivity contribution in [2.75, 3.05) is 26.2 Å². The van der Waals surface area contributed by atoms with Crippen LogP contribution in [0, 0.1) is 31.6 Å². The fourth-order valence-electron chi connectivity index (χ4n) is 3.22. The SMILES string of the molecule is N#CC1=C[C@]2([N+](=O)[O-])CN(CCO)C[C@]([N+](=O)[O-])(C1)C2. The molecular formula is C11H14N4O5. The van der Waals surface area contributed by atoms with Crippen molar-refractivity contribution in [1.29, 1.82) is 5.26 Å². The molecule has 9 heteroatoms. The van der Waals surface area contributed by atoms with Crippen LogP contribution in [-0.2, 0) is 0 Å². The predicted molar refractivity (Wildman–Crippen MR) is 65.9 cm³/mol. The minimum Gasteiger partial charge on any atom is -0.395 e. The largest absolute Gasteiger partial charge is 0.395 e. The molecule has 1 fully saturated rings. The Morgan fingerprint density at radius 2 is 2.10 bits per heavy atom. The molecule has 0 spiro atoms. The molecular weight excluding hydrogens is 268 g/mol. The van der Waals surface area contributed by atoms with Gasteiger partial charge in [0, 0.05) is 28.0 Å². The number of aliphatic hydroxyl groups is 1. The molecule has 108 valence electrons. The summed E-state index contributed by atoms with van der Waals surface area (Å²) >= 11 is 0. The van der Waals surface area contributed by atoms with Gasteiger partial charge in [-0.05, 0) is 0 Å². The predicted octanol–water partition coefficient (Wildman–Crippen LogP) is -0.431. The molecule has 20 heavy (non-hydrogen) atoms. The molecule has 1 aliphatic heterocycles. The van der Waals surface area contributed by atoms with Crippen LogP contribution in [0.4, 0.5) is 0 Å². The van der Waals surface area contributed by atoms with Crippen molar-refractivity contribution in [1.82, 2.24) is 4.90 Å². The van der Waals surface area contributed by atoms with Crippen molar-refractivity contribution in [3.05, 3.63) is 31.9 Å². The average molecular weight is 282 g/mol. The van der Waals surface area contributed by atoms with Crippen molar-refractivity contribution in [3.8, 4) is 6.07 Å². The van der Waals surface area contributed by atoms with E-state index < -0.39 is 20.9 Å². The molecule has 2 bridgehead atoms. The van der Waals surface area contributed by atoms with Crippen molar-refractivity contribution < 1.29 is 15.0 Å². The van der Waals surface area contributed by atoms with Gasteiger partial charge in [-0.2, -0.15) is 5.26 Å². The maximum absolute atomic E-state index is 11.4. The summed E-state index contributed by atoms with van der Waals surface area (Å²) in [4.78, 5) is 23.3. The van der Waals surface area contributed by atoms with Crippen LogP contribution in [0.25, 0.3) is 0 Å². The first kappa shape index (κ1) is 14.4. The first-order valence-electron chi connectivity index (χ1n) is 6.11. The lowest BCUT2D eigenvalue weighted by Gasteiger charge is -2.44. The highest BCUT2D eigenvalue weighted by atomic mass is 16.6. The van der Waals surface area contributed by atoms with Gasteiger partial charge in [-0.3, -0.25) is 25.1 Å². The first-order chi connectivity index (χ1) is 9.37. The molecule has 0 radical (unpaired) electrons. The van der Waals surface area contributed by atoms with E-state index >= 15 is 0 Å². The highest BCUT2D eigenvalue weighted by Gasteiger charge is 2.63. The molecule has 0 aromatic rings. The molecule has 0 saturated carbocycles. The summed E-state index contributed by atoms with van der Waals surface area (Å²) in [7, 11) is 0. The summed E-state index contributed by atoms with van der Waals surface area (Å²) in [6, 6.07) is 1.82. The van der Waals surface area contributed by atoms with E-state index in [1.165, 1.54) is 11.0 Å². The van der Waals surface area contributed by atoms with Gasteiger partial charge in [0.1, 0.15) is 0 Å². The Kier molecular flexibility index (Phi) is 3.45. The summed E-state index contributed by atoms with van der Waals surface area (Å²) in [6.07, 6.45) is 0.930.